The fraction of sp³-hybridized carbons (Fsp3) is 0. The van der Waals surface area contributed by atoms with Crippen LogP contribution in [-0.2, 0) is 0 Å². The van der Waals surface area contributed by atoms with Crippen molar-refractivity contribution in [2.24, 2.45) is 0 Å². The monoisotopic (exact) mass is 701 g/mol. The molecule has 11 aromatic rings. The molecule has 0 amide bonds. The molecule has 2 aromatic heterocycles. The molecule has 256 valence electrons. The second-order valence-electron chi connectivity index (χ2n) is 14.0. The Morgan fingerprint density at radius 1 is 0.309 bits per heavy atom. The lowest BCUT2D eigenvalue weighted by Gasteiger charge is -2.12. The third kappa shape index (κ3) is 5.26. The minimum atomic E-state index is 0.595. The number of aromatic nitrogens is 3. The molecule has 55 heavy (non-hydrogen) atoms. The Hall–Kier alpha value is -7.43. The van der Waals surface area contributed by atoms with Crippen LogP contribution < -0.4 is 0 Å². The van der Waals surface area contributed by atoms with Crippen LogP contribution in [0.1, 0.15) is 0 Å². The average Bonchev–Trinajstić information content (AvgIpc) is 3.66. The molecule has 2 heterocycles. The van der Waals surface area contributed by atoms with Gasteiger partial charge in [0.05, 0.1) is 0 Å². The Kier molecular flexibility index (Phi) is 7.14. The number of para-hydroxylation sites is 1. The van der Waals surface area contributed by atoms with Gasteiger partial charge in [0.15, 0.2) is 17.5 Å². The highest BCUT2D eigenvalue weighted by molar-refractivity contribution is 6.20. The van der Waals surface area contributed by atoms with E-state index in [9.17, 15) is 0 Å². The van der Waals surface area contributed by atoms with E-state index in [1.54, 1.807) is 0 Å². The molecule has 0 spiro atoms. The van der Waals surface area contributed by atoms with Crippen molar-refractivity contribution in [1.82, 2.24) is 15.0 Å². The van der Waals surface area contributed by atoms with Crippen LogP contribution in [0.25, 0.3) is 111 Å². The Balaban J connectivity index is 1.12. The first-order valence-corrected chi connectivity index (χ1v) is 18.5. The van der Waals surface area contributed by atoms with E-state index in [4.69, 9.17) is 19.4 Å². The zero-order chi connectivity index (χ0) is 36.3. The Bertz CT molecular complexity index is 3250. The van der Waals surface area contributed by atoms with E-state index in [0.29, 0.717) is 17.5 Å². The van der Waals surface area contributed by atoms with Crippen LogP contribution in [0.3, 0.4) is 0 Å². The van der Waals surface area contributed by atoms with Crippen molar-refractivity contribution < 1.29 is 4.42 Å². The Morgan fingerprint density at radius 3 is 1.73 bits per heavy atom. The summed E-state index contributed by atoms with van der Waals surface area (Å²) in [6.45, 7) is 0. The molecule has 0 aliphatic heterocycles. The van der Waals surface area contributed by atoms with Gasteiger partial charge in [0.2, 0.25) is 0 Å². The highest BCUT2D eigenvalue weighted by Gasteiger charge is 2.20. The molecule has 0 aliphatic carbocycles. The second kappa shape index (κ2) is 12.6. The van der Waals surface area contributed by atoms with Gasteiger partial charge in [-0.1, -0.05) is 170 Å². The predicted octanol–water partition coefficient (Wildman–Crippen LogP) is 13.6. The van der Waals surface area contributed by atoms with Crippen molar-refractivity contribution in [3.63, 3.8) is 0 Å². The maximum absolute atomic E-state index is 6.73. The van der Waals surface area contributed by atoms with E-state index < -0.39 is 0 Å². The molecular formula is C51H31N3O. The predicted molar refractivity (Wildman–Crippen MR) is 227 cm³/mol. The first-order valence-electron chi connectivity index (χ1n) is 18.5. The summed E-state index contributed by atoms with van der Waals surface area (Å²) >= 11 is 0. The summed E-state index contributed by atoms with van der Waals surface area (Å²) in [6.07, 6.45) is 0. The summed E-state index contributed by atoms with van der Waals surface area (Å²) in [5.41, 5.74) is 8.84. The maximum Gasteiger partial charge on any atom is 0.164 e. The molecule has 0 fully saturated rings. The van der Waals surface area contributed by atoms with Gasteiger partial charge in [0.1, 0.15) is 11.2 Å². The van der Waals surface area contributed by atoms with Gasteiger partial charge >= 0.3 is 0 Å². The highest BCUT2D eigenvalue weighted by Crippen LogP contribution is 2.41. The molecule has 0 saturated heterocycles. The smallest absolute Gasteiger partial charge is 0.164 e. The average molecular weight is 702 g/mol. The molecule has 0 saturated carbocycles. The van der Waals surface area contributed by atoms with Gasteiger partial charge in [0, 0.05) is 33.0 Å². The summed E-state index contributed by atoms with van der Waals surface area (Å²) in [7, 11) is 0. The minimum absolute atomic E-state index is 0.595. The second-order valence-corrected chi connectivity index (χ2v) is 14.0. The number of benzene rings is 9. The first kappa shape index (κ1) is 31.1. The molecule has 0 radical (unpaired) electrons. The zero-order valence-electron chi connectivity index (χ0n) is 29.6. The Morgan fingerprint density at radius 2 is 0.891 bits per heavy atom. The van der Waals surface area contributed by atoms with Crippen LogP contribution in [0.5, 0.6) is 0 Å². The number of nitrogens with zero attached hydrogens (tertiary/aromatic N) is 3. The van der Waals surface area contributed by atoms with E-state index in [1.165, 1.54) is 37.9 Å². The van der Waals surface area contributed by atoms with Gasteiger partial charge in [-0.05, 0) is 67.2 Å². The normalized spacial score (nSPS) is 11.6. The first-order chi connectivity index (χ1) is 27.2. The van der Waals surface area contributed by atoms with Crippen LogP contribution in [0.2, 0.25) is 0 Å². The lowest BCUT2D eigenvalue weighted by atomic mass is 9.95. The van der Waals surface area contributed by atoms with Crippen molar-refractivity contribution in [2.75, 3.05) is 0 Å². The van der Waals surface area contributed by atoms with Crippen molar-refractivity contribution >= 4 is 54.3 Å². The van der Waals surface area contributed by atoms with Gasteiger partial charge in [-0.2, -0.15) is 0 Å². The largest absolute Gasteiger partial charge is 0.455 e. The zero-order valence-corrected chi connectivity index (χ0v) is 29.6. The fourth-order valence-electron chi connectivity index (χ4n) is 8.06. The number of hydrogen-bond acceptors (Lipinski definition) is 4. The van der Waals surface area contributed by atoms with Crippen LogP contribution in [0, 0.1) is 0 Å². The van der Waals surface area contributed by atoms with E-state index in [1.807, 2.05) is 48.5 Å². The van der Waals surface area contributed by atoms with Crippen molar-refractivity contribution in [1.29, 1.82) is 0 Å². The summed E-state index contributed by atoms with van der Waals surface area (Å²) < 4.78 is 6.73. The van der Waals surface area contributed by atoms with E-state index >= 15 is 0 Å². The maximum atomic E-state index is 6.73. The highest BCUT2D eigenvalue weighted by atomic mass is 16.3. The third-order valence-corrected chi connectivity index (χ3v) is 10.7. The van der Waals surface area contributed by atoms with Crippen molar-refractivity contribution in [3.05, 3.63) is 188 Å². The number of hydrogen-bond donors (Lipinski definition) is 0. The summed E-state index contributed by atoms with van der Waals surface area (Å²) in [5, 5.41) is 9.21. The summed E-state index contributed by atoms with van der Waals surface area (Å²) in [4.78, 5) is 15.5. The van der Waals surface area contributed by atoms with Crippen LogP contribution >= 0.6 is 0 Å². The van der Waals surface area contributed by atoms with Crippen molar-refractivity contribution in [3.8, 4) is 56.4 Å². The van der Waals surface area contributed by atoms with Gasteiger partial charge in [-0.3, -0.25) is 0 Å². The third-order valence-electron chi connectivity index (χ3n) is 10.7. The lowest BCUT2D eigenvalue weighted by molar-refractivity contribution is 0.670. The molecule has 11 rings (SSSR count). The molecule has 9 aromatic carbocycles. The quantitative estimate of drug-likeness (QED) is 0.168. The number of furan rings is 1. The lowest BCUT2D eigenvalue weighted by Crippen LogP contribution is -2.00. The molecule has 4 heteroatoms. The molecule has 0 aliphatic rings. The van der Waals surface area contributed by atoms with Crippen LogP contribution in [0.15, 0.2) is 192 Å². The number of fused-ring (bicyclic) bond motifs is 8. The summed E-state index contributed by atoms with van der Waals surface area (Å²) in [6, 6.07) is 65.7. The molecule has 0 atom stereocenters. The van der Waals surface area contributed by atoms with E-state index in [0.717, 1.165) is 55.3 Å². The topological polar surface area (TPSA) is 51.8 Å². The van der Waals surface area contributed by atoms with Gasteiger partial charge < -0.3 is 4.42 Å². The van der Waals surface area contributed by atoms with Crippen LogP contribution in [-0.4, -0.2) is 15.0 Å². The molecule has 0 bridgehead atoms. The van der Waals surface area contributed by atoms with Gasteiger partial charge in [-0.15, -0.1) is 0 Å². The van der Waals surface area contributed by atoms with Crippen molar-refractivity contribution in [2.45, 2.75) is 0 Å². The van der Waals surface area contributed by atoms with Crippen LogP contribution in [0.4, 0.5) is 0 Å². The fourth-order valence-corrected chi connectivity index (χ4v) is 8.06. The van der Waals surface area contributed by atoms with E-state index in [-0.39, 0.29) is 0 Å². The minimum Gasteiger partial charge on any atom is -0.455 e. The molecule has 4 nitrogen and oxygen atoms in total. The molecule has 0 N–H and O–H groups in total. The van der Waals surface area contributed by atoms with Gasteiger partial charge in [-0.25, -0.2) is 15.0 Å². The molecule has 0 unspecified atom stereocenters. The van der Waals surface area contributed by atoms with E-state index in [2.05, 4.69) is 140 Å². The van der Waals surface area contributed by atoms with Gasteiger partial charge in [0.25, 0.3) is 0 Å². The number of rotatable bonds is 5. The molecular weight excluding hydrogens is 671 g/mol. The summed E-state index contributed by atoms with van der Waals surface area (Å²) in [5.74, 6) is 1.83. The Labute approximate surface area is 317 Å². The SMILES string of the molecule is c1ccc(-c2cccc(-c3cccc4c3oc3cccc(-c5nc(-c6ccccc6)nc(-c6ccc7ccc8ccc9ccccc9c8c7c6)n5)c34)c2)cc1. The standard InChI is InChI=1S/C51H31N3O/c1-3-12-32(13-4-1)37-17-9-18-38(30-37)41-20-10-21-42-47-43(22-11-23-45(47)55-48(41)42)51-53-49(36-15-5-2-6-16-36)52-50(54-51)39-29-26-34-25-28-35-27-24-33-14-7-8-19-40(33)46(35)44(34)31-39/h1-31H.